The summed E-state index contributed by atoms with van der Waals surface area (Å²) in [6, 6.07) is 2.06. The van der Waals surface area contributed by atoms with E-state index >= 15 is 0 Å². The second-order valence-corrected chi connectivity index (χ2v) is 7.60. The van der Waals surface area contributed by atoms with E-state index in [4.69, 9.17) is 4.52 Å². The highest BCUT2D eigenvalue weighted by Gasteiger charge is 2.30. The Hall–Kier alpha value is -2.11. The molecule has 1 amide bonds. The van der Waals surface area contributed by atoms with Crippen LogP contribution in [-0.2, 0) is 6.54 Å². The van der Waals surface area contributed by atoms with Crippen LogP contribution in [0.1, 0.15) is 65.1 Å². The summed E-state index contributed by atoms with van der Waals surface area (Å²) in [7, 11) is 0. The zero-order valence-corrected chi connectivity index (χ0v) is 15.3. The molecule has 3 heterocycles. The fourth-order valence-electron chi connectivity index (χ4n) is 3.88. The quantitative estimate of drug-likeness (QED) is 0.856. The lowest BCUT2D eigenvalue weighted by Gasteiger charge is -2.31. The fraction of sp³-hybridized carbons (Fsp3) is 0.632. The van der Waals surface area contributed by atoms with Crippen LogP contribution in [0.4, 0.5) is 0 Å². The van der Waals surface area contributed by atoms with Crippen LogP contribution in [-0.4, -0.2) is 38.6 Å². The summed E-state index contributed by atoms with van der Waals surface area (Å²) in [5.74, 6) is 2.43. The van der Waals surface area contributed by atoms with Crippen LogP contribution in [0.3, 0.4) is 0 Å². The number of nitrogens with zero attached hydrogens (tertiary/aromatic N) is 4. The molecule has 2 aromatic rings. The van der Waals surface area contributed by atoms with Crippen molar-refractivity contribution in [2.24, 2.45) is 5.92 Å². The van der Waals surface area contributed by atoms with Gasteiger partial charge in [0.05, 0.1) is 5.56 Å². The maximum Gasteiger partial charge on any atom is 0.255 e. The molecule has 0 bridgehead atoms. The summed E-state index contributed by atoms with van der Waals surface area (Å²) in [5, 5.41) is 4.05. The number of hydrogen-bond acceptors (Lipinski definition) is 4. The molecule has 1 saturated heterocycles. The Labute approximate surface area is 148 Å². The molecule has 2 fully saturated rings. The maximum absolute atomic E-state index is 13.1. The number of rotatable bonds is 4. The number of likely N-dealkylation sites (tertiary alicyclic amines) is 1. The molecular formula is C19H26N4O2. The topological polar surface area (TPSA) is 64.2 Å². The van der Waals surface area contributed by atoms with Gasteiger partial charge < -0.3 is 14.0 Å². The third kappa shape index (κ3) is 3.22. The smallest absolute Gasteiger partial charge is 0.255 e. The first-order valence-corrected chi connectivity index (χ1v) is 9.29. The molecule has 6 nitrogen and oxygen atoms in total. The lowest BCUT2D eigenvalue weighted by Crippen LogP contribution is -2.39. The van der Waals surface area contributed by atoms with Crippen LogP contribution in [0.5, 0.6) is 0 Å². The summed E-state index contributed by atoms with van der Waals surface area (Å²) in [6.07, 6.45) is 4.62. The van der Waals surface area contributed by atoms with E-state index in [-0.39, 0.29) is 11.8 Å². The van der Waals surface area contributed by atoms with Gasteiger partial charge in [0.1, 0.15) is 0 Å². The van der Waals surface area contributed by atoms with Crippen molar-refractivity contribution < 1.29 is 9.32 Å². The van der Waals surface area contributed by atoms with Gasteiger partial charge in [-0.2, -0.15) is 4.98 Å². The average molecular weight is 342 g/mol. The van der Waals surface area contributed by atoms with Crippen molar-refractivity contribution in [2.75, 3.05) is 13.1 Å². The zero-order valence-electron chi connectivity index (χ0n) is 15.3. The first-order valence-electron chi connectivity index (χ1n) is 9.29. The van der Waals surface area contributed by atoms with Crippen molar-refractivity contribution in [2.45, 2.75) is 58.9 Å². The summed E-state index contributed by atoms with van der Waals surface area (Å²) in [4.78, 5) is 19.4. The predicted octanol–water partition coefficient (Wildman–Crippen LogP) is 3.23. The van der Waals surface area contributed by atoms with Gasteiger partial charge in [-0.3, -0.25) is 4.79 Å². The number of carbonyl (C=O) groups excluding carboxylic acids is 1. The van der Waals surface area contributed by atoms with Crippen LogP contribution in [0.25, 0.3) is 0 Å². The Balaban J connectivity index is 1.52. The highest BCUT2D eigenvalue weighted by atomic mass is 16.5. The molecule has 1 saturated carbocycles. The minimum absolute atomic E-state index is 0.139. The number of aryl methyl sites for hydroxylation is 2. The first kappa shape index (κ1) is 16.4. The Morgan fingerprint density at radius 1 is 1.28 bits per heavy atom. The van der Waals surface area contributed by atoms with Gasteiger partial charge in [0.25, 0.3) is 5.91 Å². The van der Waals surface area contributed by atoms with Gasteiger partial charge in [-0.05, 0) is 51.5 Å². The van der Waals surface area contributed by atoms with E-state index in [0.717, 1.165) is 48.9 Å². The number of piperidine rings is 1. The molecule has 134 valence electrons. The Bertz CT molecular complexity index is 787. The molecule has 1 aliphatic heterocycles. The van der Waals surface area contributed by atoms with Gasteiger partial charge in [-0.1, -0.05) is 5.16 Å². The van der Waals surface area contributed by atoms with Gasteiger partial charge in [0, 0.05) is 43.9 Å². The van der Waals surface area contributed by atoms with Crippen molar-refractivity contribution in [1.29, 1.82) is 0 Å². The molecule has 6 heteroatoms. The summed E-state index contributed by atoms with van der Waals surface area (Å²) >= 11 is 0. The lowest BCUT2D eigenvalue weighted by atomic mass is 9.96. The number of aromatic nitrogens is 3. The van der Waals surface area contributed by atoms with Crippen molar-refractivity contribution >= 4 is 5.91 Å². The SMILES string of the molecule is Cc1nc([C@H]2CCCN(C(=O)c3cc(C)n(CC4CC4)c3C)C2)no1. The molecule has 4 rings (SSSR count). The minimum Gasteiger partial charge on any atom is -0.348 e. The van der Waals surface area contributed by atoms with Crippen molar-refractivity contribution in [3.8, 4) is 0 Å². The molecule has 0 N–H and O–H groups in total. The van der Waals surface area contributed by atoms with Crippen LogP contribution >= 0.6 is 0 Å². The summed E-state index contributed by atoms with van der Waals surface area (Å²) in [5.41, 5.74) is 3.14. The highest BCUT2D eigenvalue weighted by molar-refractivity contribution is 5.95. The molecule has 0 spiro atoms. The van der Waals surface area contributed by atoms with E-state index in [2.05, 4.69) is 34.6 Å². The first-order chi connectivity index (χ1) is 12.0. The molecule has 2 aromatic heterocycles. The van der Waals surface area contributed by atoms with E-state index in [0.29, 0.717) is 12.4 Å². The van der Waals surface area contributed by atoms with E-state index in [1.165, 1.54) is 18.5 Å². The zero-order chi connectivity index (χ0) is 17.6. The largest absolute Gasteiger partial charge is 0.348 e. The number of amides is 1. The van der Waals surface area contributed by atoms with Gasteiger partial charge >= 0.3 is 0 Å². The monoisotopic (exact) mass is 342 g/mol. The van der Waals surface area contributed by atoms with Crippen molar-refractivity contribution in [3.05, 3.63) is 34.7 Å². The predicted molar refractivity (Wildman–Crippen MR) is 93.5 cm³/mol. The van der Waals surface area contributed by atoms with Crippen LogP contribution in [0.15, 0.2) is 10.6 Å². The van der Waals surface area contributed by atoms with Crippen molar-refractivity contribution in [3.63, 3.8) is 0 Å². The van der Waals surface area contributed by atoms with Crippen LogP contribution in [0, 0.1) is 26.7 Å². The van der Waals surface area contributed by atoms with E-state index in [1.54, 1.807) is 6.92 Å². The Kier molecular flexibility index (Phi) is 4.13. The molecular weight excluding hydrogens is 316 g/mol. The average Bonchev–Trinajstić information content (AvgIpc) is 3.27. The highest BCUT2D eigenvalue weighted by Crippen LogP contribution is 2.33. The molecule has 2 aliphatic rings. The molecule has 0 unspecified atom stereocenters. The summed E-state index contributed by atoms with van der Waals surface area (Å²) < 4.78 is 7.43. The Morgan fingerprint density at radius 3 is 2.76 bits per heavy atom. The third-order valence-corrected chi connectivity index (χ3v) is 5.56. The molecule has 0 aromatic carbocycles. The normalized spacial score (nSPS) is 20.9. The second kappa shape index (κ2) is 6.32. The lowest BCUT2D eigenvalue weighted by molar-refractivity contribution is 0.0702. The molecule has 0 radical (unpaired) electrons. The number of carbonyl (C=O) groups is 1. The standard InChI is InChI=1S/C19H26N4O2/c1-12-9-17(13(2)23(12)10-15-6-7-15)19(24)22-8-4-5-16(11-22)18-20-14(3)25-21-18/h9,15-16H,4-8,10-11H2,1-3H3/t16-/m0/s1. The van der Waals surface area contributed by atoms with E-state index < -0.39 is 0 Å². The molecule has 1 atom stereocenters. The fourth-order valence-corrected chi connectivity index (χ4v) is 3.88. The van der Waals surface area contributed by atoms with Gasteiger partial charge in [0.15, 0.2) is 5.82 Å². The third-order valence-electron chi connectivity index (χ3n) is 5.56. The van der Waals surface area contributed by atoms with Gasteiger partial charge in [-0.15, -0.1) is 0 Å². The number of hydrogen-bond donors (Lipinski definition) is 0. The van der Waals surface area contributed by atoms with Gasteiger partial charge in [0.2, 0.25) is 5.89 Å². The second-order valence-electron chi connectivity index (χ2n) is 7.60. The Morgan fingerprint density at radius 2 is 2.08 bits per heavy atom. The van der Waals surface area contributed by atoms with Gasteiger partial charge in [-0.25, -0.2) is 0 Å². The summed E-state index contributed by atoms with van der Waals surface area (Å²) in [6.45, 7) is 8.51. The molecule has 25 heavy (non-hydrogen) atoms. The van der Waals surface area contributed by atoms with E-state index in [9.17, 15) is 4.79 Å². The molecule has 1 aliphatic carbocycles. The minimum atomic E-state index is 0.139. The maximum atomic E-state index is 13.1. The van der Waals surface area contributed by atoms with E-state index in [1.807, 2.05) is 4.90 Å². The van der Waals surface area contributed by atoms with Crippen LogP contribution in [0.2, 0.25) is 0 Å². The van der Waals surface area contributed by atoms with Crippen molar-refractivity contribution in [1.82, 2.24) is 19.6 Å². The van der Waals surface area contributed by atoms with Crippen LogP contribution < -0.4 is 0 Å².